The van der Waals surface area contributed by atoms with Crippen LogP contribution in [-0.4, -0.2) is 81.4 Å². The molecule has 0 radical (unpaired) electrons. The summed E-state index contributed by atoms with van der Waals surface area (Å²) in [7, 11) is 0. The van der Waals surface area contributed by atoms with Gasteiger partial charge in [-0.05, 0) is 111 Å². The van der Waals surface area contributed by atoms with Crippen molar-refractivity contribution in [2.45, 2.75) is 137 Å². The zero-order chi connectivity index (χ0) is 41.4. The van der Waals surface area contributed by atoms with Crippen molar-refractivity contribution in [3.05, 3.63) is 82.9 Å². The lowest BCUT2D eigenvalue weighted by atomic mass is 9.90. The van der Waals surface area contributed by atoms with Gasteiger partial charge in [0.05, 0.1) is 0 Å². The van der Waals surface area contributed by atoms with Crippen LogP contribution in [0.25, 0.3) is 21.5 Å². The lowest BCUT2D eigenvalue weighted by molar-refractivity contribution is 0.0682. The summed E-state index contributed by atoms with van der Waals surface area (Å²) in [5.74, 6) is -3.36. The first-order valence-corrected chi connectivity index (χ1v) is 22.0. The Morgan fingerprint density at radius 2 is 0.754 bits per heavy atom. The highest BCUT2D eigenvalue weighted by Gasteiger charge is 2.22. The van der Waals surface area contributed by atoms with Crippen molar-refractivity contribution in [1.82, 2.24) is 9.80 Å². The number of unbranched alkanes of at least 4 members (excludes halogenated alkanes) is 11. The highest BCUT2D eigenvalue weighted by Crippen LogP contribution is 2.38. The fourth-order valence-electron chi connectivity index (χ4n) is 7.61. The van der Waals surface area contributed by atoms with Gasteiger partial charge in [-0.2, -0.15) is 0 Å². The Morgan fingerprint density at radius 3 is 1.07 bits per heavy atom. The molecule has 0 saturated carbocycles. The van der Waals surface area contributed by atoms with E-state index in [2.05, 4.69) is 37.5 Å². The summed E-state index contributed by atoms with van der Waals surface area (Å²) in [4.78, 5) is 28.6. The molecule has 0 heterocycles. The van der Waals surface area contributed by atoms with Crippen molar-refractivity contribution >= 4 is 33.5 Å². The number of aromatic carboxylic acids is 2. The predicted molar refractivity (Wildman–Crippen MR) is 237 cm³/mol. The molecule has 0 unspecified atom stereocenters. The molecule has 8 heteroatoms. The van der Waals surface area contributed by atoms with E-state index in [1.54, 1.807) is 48.5 Å². The second-order valence-corrected chi connectivity index (χ2v) is 15.7. The molecule has 0 aliphatic carbocycles. The van der Waals surface area contributed by atoms with Crippen LogP contribution in [0.2, 0.25) is 0 Å². The topological polar surface area (TPSA) is 122 Å². The van der Waals surface area contributed by atoms with Crippen molar-refractivity contribution in [3.8, 4) is 11.5 Å². The van der Waals surface area contributed by atoms with Crippen molar-refractivity contribution in [2.24, 2.45) is 0 Å². The van der Waals surface area contributed by atoms with Gasteiger partial charge in [0.2, 0.25) is 0 Å². The molecule has 0 aromatic heterocycles. The van der Waals surface area contributed by atoms with Gasteiger partial charge in [0.15, 0.2) is 0 Å². The first kappa shape index (κ1) is 47.2. The summed E-state index contributed by atoms with van der Waals surface area (Å²) < 4.78 is 0. The van der Waals surface area contributed by atoms with E-state index >= 15 is 0 Å². The van der Waals surface area contributed by atoms with Gasteiger partial charge in [0.25, 0.3) is 0 Å². The van der Waals surface area contributed by atoms with E-state index < -0.39 is 23.4 Å². The largest absolute Gasteiger partial charge is 0.507 e. The molecule has 0 amide bonds. The zero-order valence-corrected chi connectivity index (χ0v) is 35.5. The quantitative estimate of drug-likeness (QED) is 0.0441. The van der Waals surface area contributed by atoms with Crippen LogP contribution in [0.4, 0.5) is 0 Å². The summed E-state index contributed by atoms with van der Waals surface area (Å²) in [6.45, 7) is 17.2. The van der Waals surface area contributed by atoms with E-state index in [9.17, 15) is 30.0 Å². The van der Waals surface area contributed by atoms with Crippen LogP contribution in [0, 0.1) is 0 Å². The van der Waals surface area contributed by atoms with E-state index in [0.29, 0.717) is 32.7 Å². The molecule has 0 atom stereocenters. The van der Waals surface area contributed by atoms with Crippen LogP contribution in [0.1, 0.15) is 162 Å². The molecule has 0 bridgehead atoms. The Labute approximate surface area is 342 Å². The van der Waals surface area contributed by atoms with Crippen molar-refractivity contribution in [2.75, 3.05) is 39.3 Å². The number of carboxylic acid groups (broad SMARTS) is 2. The SMILES string of the molecule is CCCCN(CCCC)CCCCCCCCCCN(CCCC)CCCC.O=C(O)c1cc2ccccc2c(Cc2c(O)c(C(=O)O)cc3ccccc23)c1O. The molecule has 4 N–H and O–H groups in total. The highest BCUT2D eigenvalue weighted by molar-refractivity contribution is 6.02. The first-order chi connectivity index (χ1) is 27.7. The molecule has 0 aliphatic heterocycles. The summed E-state index contributed by atoms with van der Waals surface area (Å²) in [6.07, 6.45) is 22.3. The molecule has 4 rings (SSSR count). The molecule has 4 aromatic rings. The minimum absolute atomic E-state index is 0.0407. The number of fused-ring (bicyclic) bond motifs is 2. The Bertz CT molecular complexity index is 1640. The van der Waals surface area contributed by atoms with Gasteiger partial charge in [-0.15, -0.1) is 0 Å². The first-order valence-electron chi connectivity index (χ1n) is 22.0. The van der Waals surface area contributed by atoms with Crippen LogP contribution < -0.4 is 0 Å². The average Bonchev–Trinajstić information content (AvgIpc) is 3.21. The third kappa shape index (κ3) is 15.6. The smallest absolute Gasteiger partial charge is 0.339 e. The lowest BCUT2D eigenvalue weighted by Crippen LogP contribution is -2.27. The van der Waals surface area contributed by atoms with Crippen LogP contribution >= 0.6 is 0 Å². The standard InChI is InChI=1S/C26H56N2.C23H16O6/c1-5-9-21-27(22-10-6-2)25-19-17-15-13-14-16-18-20-26-28(23-11-7-3)24-12-8-4;24-20-16(14-7-3-1-5-12(14)9-18(20)22(26)27)11-17-15-8-4-2-6-13(15)10-19(21(17)25)23(28)29/h5-26H2,1-4H3;1-10,24-25H,11H2,(H,26,27)(H,28,29). The van der Waals surface area contributed by atoms with Crippen LogP contribution in [0.5, 0.6) is 11.5 Å². The van der Waals surface area contributed by atoms with E-state index in [4.69, 9.17) is 0 Å². The van der Waals surface area contributed by atoms with Crippen molar-refractivity contribution in [3.63, 3.8) is 0 Å². The van der Waals surface area contributed by atoms with E-state index in [-0.39, 0.29) is 17.5 Å². The molecular formula is C49H72N2O6. The Morgan fingerprint density at radius 1 is 0.456 bits per heavy atom. The average molecular weight is 785 g/mol. The molecule has 4 aromatic carbocycles. The second-order valence-electron chi connectivity index (χ2n) is 15.7. The fraction of sp³-hybridized carbons (Fsp3) is 0.551. The van der Waals surface area contributed by atoms with Crippen molar-refractivity contribution in [1.29, 1.82) is 0 Å². The van der Waals surface area contributed by atoms with Crippen LogP contribution in [-0.2, 0) is 6.42 Å². The minimum Gasteiger partial charge on any atom is -0.507 e. The number of carboxylic acids is 2. The third-order valence-corrected chi connectivity index (χ3v) is 11.1. The molecule has 0 aliphatic rings. The molecule has 0 saturated heterocycles. The Hall–Kier alpha value is -4.14. The highest BCUT2D eigenvalue weighted by atomic mass is 16.4. The van der Waals surface area contributed by atoms with E-state index in [1.165, 1.54) is 154 Å². The van der Waals surface area contributed by atoms with Gasteiger partial charge in [-0.1, -0.05) is 140 Å². The number of nitrogens with zero attached hydrogens (tertiary/aromatic N) is 2. The molecule has 314 valence electrons. The molecule has 8 nitrogen and oxygen atoms in total. The lowest BCUT2D eigenvalue weighted by Gasteiger charge is -2.22. The zero-order valence-electron chi connectivity index (χ0n) is 35.5. The van der Waals surface area contributed by atoms with Gasteiger partial charge in [-0.25, -0.2) is 9.59 Å². The predicted octanol–water partition coefficient (Wildman–Crippen LogP) is 12.3. The fourth-order valence-corrected chi connectivity index (χ4v) is 7.61. The molecule has 0 spiro atoms. The number of rotatable bonds is 27. The monoisotopic (exact) mass is 785 g/mol. The van der Waals surface area contributed by atoms with E-state index in [1.807, 2.05) is 0 Å². The maximum atomic E-state index is 11.6. The Balaban J connectivity index is 0.000000306. The van der Waals surface area contributed by atoms with Gasteiger partial charge in [0, 0.05) is 17.5 Å². The second kappa shape index (κ2) is 26.7. The van der Waals surface area contributed by atoms with E-state index in [0.717, 1.165) is 0 Å². The van der Waals surface area contributed by atoms with Gasteiger partial charge in [-0.3, -0.25) is 0 Å². The molecule has 57 heavy (non-hydrogen) atoms. The van der Waals surface area contributed by atoms with Crippen molar-refractivity contribution < 1.29 is 30.0 Å². The van der Waals surface area contributed by atoms with Crippen LogP contribution in [0.15, 0.2) is 60.7 Å². The number of phenols is 2. The van der Waals surface area contributed by atoms with Gasteiger partial charge >= 0.3 is 11.9 Å². The minimum atomic E-state index is -1.28. The number of hydrogen-bond donors (Lipinski definition) is 4. The number of aromatic hydroxyl groups is 2. The van der Waals surface area contributed by atoms with Gasteiger partial charge in [0.1, 0.15) is 22.6 Å². The normalized spacial score (nSPS) is 11.4. The summed E-state index contributed by atoms with van der Waals surface area (Å²) in [5, 5.41) is 42.8. The summed E-state index contributed by atoms with van der Waals surface area (Å²) >= 11 is 0. The number of hydrogen-bond acceptors (Lipinski definition) is 6. The third-order valence-electron chi connectivity index (χ3n) is 11.1. The maximum absolute atomic E-state index is 11.6. The summed E-state index contributed by atoms with van der Waals surface area (Å²) in [5.41, 5.74) is 0.112. The summed E-state index contributed by atoms with van der Waals surface area (Å²) in [6, 6.07) is 16.8. The van der Waals surface area contributed by atoms with Gasteiger partial charge < -0.3 is 30.2 Å². The number of benzene rings is 4. The van der Waals surface area contributed by atoms with Crippen LogP contribution in [0.3, 0.4) is 0 Å². The number of carbonyl (C=O) groups is 2. The molecule has 0 fully saturated rings. The maximum Gasteiger partial charge on any atom is 0.339 e. The molecular weight excluding hydrogens is 713 g/mol. The Kier molecular flexibility index (Phi) is 22.1.